The molecule has 0 aliphatic heterocycles. The van der Waals surface area contributed by atoms with E-state index in [1.165, 1.54) is 19.3 Å². The summed E-state index contributed by atoms with van der Waals surface area (Å²) >= 11 is 3.10. The van der Waals surface area contributed by atoms with Crippen LogP contribution in [0.4, 0.5) is 13.2 Å². The normalized spacial score (nSPS) is 11.8. The monoisotopic (exact) mass is 308 g/mol. The Hall–Kier alpha value is -1.30. The Kier molecular flexibility index (Phi) is 4.34. The molecule has 0 saturated carbocycles. The first kappa shape index (κ1) is 13.8. The third kappa shape index (κ3) is 3.89. The molecule has 2 nitrogen and oxygen atoms in total. The second-order valence-electron chi connectivity index (χ2n) is 3.09. The molecule has 0 aliphatic carbocycles. The highest BCUT2D eigenvalue weighted by Crippen LogP contribution is 2.32. The predicted octanol–water partition coefficient (Wildman–Crippen LogP) is 3.65. The molecule has 6 heteroatoms. The van der Waals surface area contributed by atoms with E-state index in [9.17, 15) is 18.0 Å². The van der Waals surface area contributed by atoms with Crippen LogP contribution in [0.15, 0.2) is 28.7 Å². The van der Waals surface area contributed by atoms with E-state index in [4.69, 9.17) is 0 Å². The van der Waals surface area contributed by atoms with Crippen LogP contribution in [-0.4, -0.2) is 13.1 Å². The Bertz CT molecular complexity index is 453. The minimum absolute atomic E-state index is 0.255. The number of carbonyl (C=O) groups excluding carboxylic acids is 1. The summed E-state index contributed by atoms with van der Waals surface area (Å²) in [6.45, 7) is 0. The van der Waals surface area contributed by atoms with Gasteiger partial charge in [-0.3, -0.25) is 0 Å². The summed E-state index contributed by atoms with van der Waals surface area (Å²) in [5, 5.41) is 0. The van der Waals surface area contributed by atoms with Crippen molar-refractivity contribution in [1.82, 2.24) is 0 Å². The van der Waals surface area contributed by atoms with Crippen molar-refractivity contribution in [2.45, 2.75) is 6.18 Å². The number of hydrogen-bond donors (Lipinski definition) is 0. The lowest BCUT2D eigenvalue weighted by Crippen LogP contribution is -2.04. The number of carbonyl (C=O) groups is 1. The summed E-state index contributed by atoms with van der Waals surface area (Å²) in [5.41, 5.74) is -0.518. The quantitative estimate of drug-likeness (QED) is 0.616. The predicted molar refractivity (Wildman–Crippen MR) is 60.2 cm³/mol. The van der Waals surface area contributed by atoms with Crippen LogP contribution >= 0.6 is 15.9 Å². The van der Waals surface area contributed by atoms with Gasteiger partial charge in [-0.05, 0) is 29.8 Å². The standard InChI is InChI=1S/C11H8BrF3O2/c1-17-10(16)5-2-7-6-8(11(13,14)15)3-4-9(7)12/h2-6H,1H3. The van der Waals surface area contributed by atoms with E-state index < -0.39 is 17.7 Å². The molecule has 0 spiro atoms. The molecule has 0 aliphatic rings. The Morgan fingerprint density at radius 1 is 1.41 bits per heavy atom. The number of hydrogen-bond acceptors (Lipinski definition) is 2. The van der Waals surface area contributed by atoms with Gasteiger partial charge in [0.1, 0.15) is 0 Å². The van der Waals surface area contributed by atoms with Gasteiger partial charge in [0.2, 0.25) is 0 Å². The Labute approximate surface area is 104 Å². The highest BCUT2D eigenvalue weighted by molar-refractivity contribution is 9.10. The van der Waals surface area contributed by atoms with Gasteiger partial charge in [-0.1, -0.05) is 15.9 Å². The van der Waals surface area contributed by atoms with Crippen molar-refractivity contribution in [2.24, 2.45) is 0 Å². The van der Waals surface area contributed by atoms with Gasteiger partial charge < -0.3 is 4.74 Å². The second-order valence-corrected chi connectivity index (χ2v) is 3.94. The fourth-order valence-corrected chi connectivity index (χ4v) is 1.45. The number of methoxy groups -OCH3 is 1. The van der Waals surface area contributed by atoms with Crippen LogP contribution in [0.2, 0.25) is 0 Å². The zero-order valence-corrected chi connectivity index (χ0v) is 10.3. The highest BCUT2D eigenvalue weighted by Gasteiger charge is 2.30. The van der Waals surface area contributed by atoms with Gasteiger partial charge in [0.25, 0.3) is 0 Å². The fourth-order valence-electron chi connectivity index (χ4n) is 1.07. The van der Waals surface area contributed by atoms with Gasteiger partial charge in [-0.25, -0.2) is 4.79 Å². The molecule has 0 aromatic heterocycles. The molecule has 17 heavy (non-hydrogen) atoms. The molecular formula is C11H8BrF3O2. The maximum Gasteiger partial charge on any atom is 0.416 e. The van der Waals surface area contributed by atoms with Crippen LogP contribution in [0, 0.1) is 0 Å². The number of rotatable bonds is 2. The minimum Gasteiger partial charge on any atom is -0.466 e. The Morgan fingerprint density at radius 2 is 2.06 bits per heavy atom. The molecular weight excluding hydrogens is 301 g/mol. The van der Waals surface area contributed by atoms with E-state index in [1.807, 2.05) is 0 Å². The molecule has 0 unspecified atom stereocenters. The third-order valence-electron chi connectivity index (χ3n) is 1.92. The van der Waals surface area contributed by atoms with E-state index in [-0.39, 0.29) is 5.56 Å². The van der Waals surface area contributed by atoms with E-state index in [0.29, 0.717) is 4.47 Å². The number of ether oxygens (including phenoxy) is 1. The molecule has 1 rings (SSSR count). The van der Waals surface area contributed by atoms with Gasteiger partial charge in [0.05, 0.1) is 12.7 Å². The first-order chi connectivity index (χ1) is 7.84. The van der Waals surface area contributed by atoms with E-state index in [1.54, 1.807) is 0 Å². The van der Waals surface area contributed by atoms with Crippen LogP contribution in [0.25, 0.3) is 6.08 Å². The van der Waals surface area contributed by atoms with Crippen molar-refractivity contribution in [3.05, 3.63) is 39.9 Å². The topological polar surface area (TPSA) is 26.3 Å². The molecule has 0 heterocycles. The summed E-state index contributed by atoms with van der Waals surface area (Å²) in [5.74, 6) is -0.630. The van der Waals surface area contributed by atoms with Crippen molar-refractivity contribution < 1.29 is 22.7 Å². The van der Waals surface area contributed by atoms with Gasteiger partial charge in [-0.2, -0.15) is 13.2 Å². The zero-order chi connectivity index (χ0) is 13.1. The van der Waals surface area contributed by atoms with Crippen molar-refractivity contribution in [3.63, 3.8) is 0 Å². The molecule has 1 aromatic rings. The van der Waals surface area contributed by atoms with Crippen LogP contribution in [0.3, 0.4) is 0 Å². The summed E-state index contributed by atoms with van der Waals surface area (Å²) in [6.07, 6.45) is -2.10. The minimum atomic E-state index is -4.41. The fraction of sp³-hybridized carbons (Fsp3) is 0.182. The number of esters is 1. The number of halogens is 4. The lowest BCUT2D eigenvalue weighted by atomic mass is 10.1. The highest BCUT2D eigenvalue weighted by atomic mass is 79.9. The van der Waals surface area contributed by atoms with Gasteiger partial charge in [0.15, 0.2) is 0 Å². The molecule has 0 amide bonds. The summed E-state index contributed by atoms with van der Waals surface area (Å²) in [7, 11) is 1.19. The number of benzene rings is 1. The van der Waals surface area contributed by atoms with Crippen LogP contribution in [0.1, 0.15) is 11.1 Å². The maximum atomic E-state index is 12.4. The van der Waals surface area contributed by atoms with Crippen LogP contribution in [-0.2, 0) is 15.7 Å². The van der Waals surface area contributed by atoms with Gasteiger partial charge >= 0.3 is 12.1 Å². The van der Waals surface area contributed by atoms with Crippen LogP contribution in [0.5, 0.6) is 0 Å². The molecule has 0 N–H and O–H groups in total. The van der Waals surface area contributed by atoms with E-state index >= 15 is 0 Å². The Morgan fingerprint density at radius 3 is 2.59 bits per heavy atom. The summed E-state index contributed by atoms with van der Waals surface area (Å²) in [4.78, 5) is 10.8. The third-order valence-corrected chi connectivity index (χ3v) is 2.65. The zero-order valence-electron chi connectivity index (χ0n) is 8.72. The first-order valence-corrected chi connectivity index (χ1v) is 5.26. The van der Waals surface area contributed by atoms with Crippen molar-refractivity contribution in [2.75, 3.05) is 7.11 Å². The first-order valence-electron chi connectivity index (χ1n) is 4.47. The lowest BCUT2D eigenvalue weighted by Gasteiger charge is -2.08. The van der Waals surface area contributed by atoms with Crippen molar-refractivity contribution in [3.8, 4) is 0 Å². The summed E-state index contributed by atoms with van der Waals surface area (Å²) in [6, 6.07) is 3.18. The average Bonchev–Trinajstić information content (AvgIpc) is 2.26. The van der Waals surface area contributed by atoms with Gasteiger partial charge in [0, 0.05) is 10.5 Å². The SMILES string of the molecule is COC(=O)C=Cc1cc(C(F)(F)F)ccc1Br. The molecule has 1 aromatic carbocycles. The van der Waals surface area contributed by atoms with Crippen molar-refractivity contribution >= 4 is 28.0 Å². The molecule has 0 bridgehead atoms. The average molecular weight is 309 g/mol. The lowest BCUT2D eigenvalue weighted by molar-refractivity contribution is -0.137. The molecule has 92 valence electrons. The smallest absolute Gasteiger partial charge is 0.416 e. The second kappa shape index (κ2) is 5.35. The van der Waals surface area contributed by atoms with E-state index in [2.05, 4.69) is 20.7 Å². The molecule has 0 radical (unpaired) electrons. The molecule has 0 fully saturated rings. The molecule has 0 atom stereocenters. The number of alkyl halides is 3. The largest absolute Gasteiger partial charge is 0.466 e. The maximum absolute atomic E-state index is 12.4. The van der Waals surface area contributed by atoms with Gasteiger partial charge in [-0.15, -0.1) is 0 Å². The molecule has 0 saturated heterocycles. The van der Waals surface area contributed by atoms with E-state index in [0.717, 1.165) is 18.2 Å². The van der Waals surface area contributed by atoms with Crippen LogP contribution < -0.4 is 0 Å². The van der Waals surface area contributed by atoms with Crippen molar-refractivity contribution in [1.29, 1.82) is 0 Å². The summed E-state index contributed by atoms with van der Waals surface area (Å²) < 4.78 is 42.1. The Balaban J connectivity index is 3.07.